The fraction of sp³-hybridized carbons (Fsp3) is 0.150. The lowest BCUT2D eigenvalue weighted by Gasteiger charge is -2.27. The summed E-state index contributed by atoms with van der Waals surface area (Å²) in [5.74, 6) is -0.0371. The summed E-state index contributed by atoms with van der Waals surface area (Å²) in [6.07, 6.45) is -0.765. The number of hydrogen-bond acceptors (Lipinski definition) is 2. The molecule has 0 aliphatic carbocycles. The van der Waals surface area contributed by atoms with Gasteiger partial charge in [-0.1, -0.05) is 60.7 Å². The van der Waals surface area contributed by atoms with Crippen molar-refractivity contribution in [2.24, 2.45) is 0 Å². The van der Waals surface area contributed by atoms with E-state index in [9.17, 15) is 9.90 Å². The van der Waals surface area contributed by atoms with Gasteiger partial charge in [-0.3, -0.25) is 4.79 Å². The second kappa shape index (κ2) is 5.21. The second-order valence-electron chi connectivity index (χ2n) is 5.96. The van der Waals surface area contributed by atoms with Gasteiger partial charge in [-0.15, -0.1) is 0 Å². The number of aliphatic hydroxyl groups excluding tert-OH is 1. The standard InChI is InChI=1S/C20H17NO2/c1-21-18(15-10-4-5-11-17(15)20(21)23)19(22)16-12-6-8-13-7-2-3-9-14(13)16/h2-12,18-19,22H,1H3/t18-,19+/m1/s1. The number of benzene rings is 3. The number of carbonyl (C=O) groups excluding carboxylic acids is 1. The zero-order chi connectivity index (χ0) is 16.0. The molecule has 0 saturated carbocycles. The van der Waals surface area contributed by atoms with Crippen molar-refractivity contribution >= 4 is 16.7 Å². The van der Waals surface area contributed by atoms with Gasteiger partial charge in [-0.25, -0.2) is 0 Å². The van der Waals surface area contributed by atoms with Crippen LogP contribution in [0.4, 0.5) is 0 Å². The van der Waals surface area contributed by atoms with Crippen LogP contribution in [-0.4, -0.2) is 23.0 Å². The summed E-state index contributed by atoms with van der Waals surface area (Å²) in [6.45, 7) is 0. The Kier molecular flexibility index (Phi) is 3.17. The first-order chi connectivity index (χ1) is 11.2. The van der Waals surface area contributed by atoms with Crippen LogP contribution < -0.4 is 0 Å². The van der Waals surface area contributed by atoms with Crippen molar-refractivity contribution in [2.45, 2.75) is 12.1 Å². The molecule has 4 rings (SSSR count). The minimum absolute atomic E-state index is 0.0371. The Morgan fingerprint density at radius 3 is 2.52 bits per heavy atom. The Hall–Kier alpha value is -2.65. The lowest BCUT2D eigenvalue weighted by atomic mass is 9.92. The molecule has 1 amide bonds. The smallest absolute Gasteiger partial charge is 0.254 e. The van der Waals surface area contributed by atoms with Crippen molar-refractivity contribution < 1.29 is 9.90 Å². The molecule has 3 nitrogen and oxygen atoms in total. The molecule has 1 heterocycles. The predicted octanol–water partition coefficient (Wildman–Crippen LogP) is 3.70. The summed E-state index contributed by atoms with van der Waals surface area (Å²) in [4.78, 5) is 14.1. The molecule has 0 unspecified atom stereocenters. The highest BCUT2D eigenvalue weighted by molar-refractivity contribution is 5.99. The van der Waals surface area contributed by atoms with E-state index in [0.717, 1.165) is 21.9 Å². The number of hydrogen-bond donors (Lipinski definition) is 1. The van der Waals surface area contributed by atoms with Crippen LogP contribution in [0.3, 0.4) is 0 Å². The summed E-state index contributed by atoms with van der Waals surface area (Å²) >= 11 is 0. The Balaban J connectivity index is 1.86. The highest BCUT2D eigenvalue weighted by Crippen LogP contribution is 2.42. The SMILES string of the molecule is CN1C(=O)c2ccccc2[C@@H]1[C@@H](O)c1cccc2ccccc12. The number of rotatable bonds is 2. The first-order valence-corrected chi connectivity index (χ1v) is 7.70. The highest BCUT2D eigenvalue weighted by atomic mass is 16.3. The van der Waals surface area contributed by atoms with Gasteiger partial charge in [-0.2, -0.15) is 0 Å². The van der Waals surface area contributed by atoms with Crippen LogP contribution in [0.15, 0.2) is 66.7 Å². The maximum absolute atomic E-state index is 12.4. The number of fused-ring (bicyclic) bond motifs is 2. The van der Waals surface area contributed by atoms with Crippen molar-refractivity contribution in [3.05, 3.63) is 83.4 Å². The Bertz CT molecular complexity index is 898. The largest absolute Gasteiger partial charge is 0.386 e. The topological polar surface area (TPSA) is 40.5 Å². The lowest BCUT2D eigenvalue weighted by molar-refractivity contribution is 0.0519. The molecule has 1 N–H and O–H groups in total. The normalized spacial score (nSPS) is 18.3. The van der Waals surface area contributed by atoms with Gasteiger partial charge in [0.25, 0.3) is 5.91 Å². The zero-order valence-electron chi connectivity index (χ0n) is 12.8. The molecule has 114 valence electrons. The van der Waals surface area contributed by atoms with E-state index in [1.54, 1.807) is 11.9 Å². The highest BCUT2D eigenvalue weighted by Gasteiger charge is 2.39. The van der Waals surface area contributed by atoms with Crippen molar-refractivity contribution in [2.75, 3.05) is 7.05 Å². The molecule has 1 aliphatic heterocycles. The molecule has 0 bridgehead atoms. The fourth-order valence-electron chi connectivity index (χ4n) is 3.53. The maximum atomic E-state index is 12.4. The zero-order valence-corrected chi connectivity index (χ0v) is 12.8. The van der Waals surface area contributed by atoms with Crippen molar-refractivity contribution in [3.8, 4) is 0 Å². The van der Waals surface area contributed by atoms with Crippen LogP contribution in [-0.2, 0) is 0 Å². The number of nitrogens with zero attached hydrogens (tertiary/aromatic N) is 1. The van der Waals surface area contributed by atoms with Crippen LogP contribution in [0.5, 0.6) is 0 Å². The molecule has 1 aliphatic rings. The Morgan fingerprint density at radius 2 is 1.65 bits per heavy atom. The van der Waals surface area contributed by atoms with E-state index in [4.69, 9.17) is 0 Å². The lowest BCUT2D eigenvalue weighted by Crippen LogP contribution is -2.27. The molecule has 0 radical (unpaired) electrons. The molecular weight excluding hydrogens is 286 g/mol. The van der Waals surface area contributed by atoms with Gasteiger partial charge in [-0.05, 0) is 28.0 Å². The van der Waals surface area contributed by atoms with Crippen molar-refractivity contribution in [3.63, 3.8) is 0 Å². The van der Waals surface area contributed by atoms with Gasteiger partial charge in [0, 0.05) is 12.6 Å². The average Bonchev–Trinajstić information content (AvgIpc) is 2.85. The molecule has 0 fully saturated rings. The van der Waals surface area contributed by atoms with E-state index >= 15 is 0 Å². The number of amides is 1. The third kappa shape index (κ3) is 2.05. The van der Waals surface area contributed by atoms with Crippen LogP contribution >= 0.6 is 0 Å². The minimum atomic E-state index is -0.765. The second-order valence-corrected chi connectivity index (χ2v) is 5.96. The van der Waals surface area contributed by atoms with Crippen LogP contribution in [0.25, 0.3) is 10.8 Å². The Labute approximate surface area is 134 Å². The van der Waals surface area contributed by atoms with E-state index in [-0.39, 0.29) is 11.9 Å². The van der Waals surface area contributed by atoms with Gasteiger partial charge < -0.3 is 10.0 Å². The predicted molar refractivity (Wildman–Crippen MR) is 90.2 cm³/mol. The van der Waals surface area contributed by atoms with E-state index in [0.29, 0.717) is 5.56 Å². The number of aliphatic hydroxyl groups is 1. The summed E-state index contributed by atoms with van der Waals surface area (Å²) in [5, 5.41) is 13.2. The number of likely N-dealkylation sites (N-methyl/N-ethyl adjacent to an activating group) is 1. The minimum Gasteiger partial charge on any atom is -0.386 e. The summed E-state index contributed by atoms with van der Waals surface area (Å²) in [6, 6.07) is 21.1. The van der Waals surface area contributed by atoms with Gasteiger partial charge in [0.2, 0.25) is 0 Å². The van der Waals surface area contributed by atoms with Gasteiger partial charge >= 0.3 is 0 Å². The molecule has 0 aromatic heterocycles. The molecular formula is C20H17NO2. The van der Waals surface area contributed by atoms with E-state index in [1.165, 1.54) is 0 Å². The van der Waals surface area contributed by atoms with Crippen LogP contribution in [0.1, 0.15) is 33.6 Å². The number of carbonyl (C=O) groups is 1. The van der Waals surface area contributed by atoms with Gasteiger partial charge in [0.05, 0.1) is 6.04 Å². The van der Waals surface area contributed by atoms with E-state index < -0.39 is 6.10 Å². The molecule has 2 atom stereocenters. The quantitative estimate of drug-likeness (QED) is 0.784. The molecule has 3 aromatic carbocycles. The van der Waals surface area contributed by atoms with Crippen LogP contribution in [0, 0.1) is 0 Å². The van der Waals surface area contributed by atoms with E-state index in [2.05, 4.69) is 0 Å². The monoisotopic (exact) mass is 303 g/mol. The fourth-order valence-corrected chi connectivity index (χ4v) is 3.53. The molecule has 0 saturated heterocycles. The third-order valence-corrected chi connectivity index (χ3v) is 4.69. The summed E-state index contributed by atoms with van der Waals surface area (Å²) in [7, 11) is 1.75. The third-order valence-electron chi connectivity index (χ3n) is 4.69. The van der Waals surface area contributed by atoms with Crippen molar-refractivity contribution in [1.29, 1.82) is 0 Å². The van der Waals surface area contributed by atoms with Crippen LogP contribution in [0.2, 0.25) is 0 Å². The first kappa shape index (κ1) is 14.0. The molecule has 23 heavy (non-hydrogen) atoms. The maximum Gasteiger partial charge on any atom is 0.254 e. The summed E-state index contributed by atoms with van der Waals surface area (Å²) in [5.41, 5.74) is 2.42. The molecule has 3 heteroatoms. The average molecular weight is 303 g/mol. The molecule has 3 aromatic rings. The Morgan fingerprint density at radius 1 is 0.957 bits per heavy atom. The van der Waals surface area contributed by atoms with Crippen molar-refractivity contribution in [1.82, 2.24) is 4.90 Å². The summed E-state index contributed by atoms with van der Waals surface area (Å²) < 4.78 is 0. The molecule has 0 spiro atoms. The van der Waals surface area contributed by atoms with E-state index in [1.807, 2.05) is 66.7 Å². The van der Waals surface area contributed by atoms with Gasteiger partial charge in [0.1, 0.15) is 6.10 Å². The van der Waals surface area contributed by atoms with Gasteiger partial charge in [0.15, 0.2) is 0 Å². The first-order valence-electron chi connectivity index (χ1n) is 7.70.